The molecule has 7 heteroatoms. The van der Waals surface area contributed by atoms with Crippen molar-refractivity contribution in [3.63, 3.8) is 0 Å². The molecule has 0 fully saturated rings. The van der Waals surface area contributed by atoms with Crippen LogP contribution in [0.4, 0.5) is 0 Å². The van der Waals surface area contributed by atoms with Crippen LogP contribution in [0.3, 0.4) is 0 Å². The molecule has 2 N–H and O–H groups in total. The Bertz CT molecular complexity index is 1290. The maximum Gasteiger partial charge on any atom is 0.198 e. The molecule has 4 aliphatic carbocycles. The van der Waals surface area contributed by atoms with E-state index in [9.17, 15) is 19.8 Å². The Labute approximate surface area is 221 Å². The number of aliphatic hydroxyl groups is 2. The lowest BCUT2D eigenvalue weighted by Crippen LogP contribution is -2.66. The van der Waals surface area contributed by atoms with Crippen molar-refractivity contribution in [2.24, 2.45) is 11.3 Å². The molecule has 1 aromatic rings. The number of carbonyl (C=O) groups is 2. The first-order valence-electron chi connectivity index (χ1n) is 13.2. The lowest BCUT2D eigenvalue weighted by molar-refractivity contribution is -0.247. The maximum atomic E-state index is 13.8. The molecule has 0 bridgehead atoms. The molecule has 6 rings (SSSR count). The first-order valence-corrected chi connectivity index (χ1v) is 14.2. The normalized spacial score (nSPS) is 32.5. The summed E-state index contributed by atoms with van der Waals surface area (Å²) < 4.78 is 0. The van der Waals surface area contributed by atoms with E-state index in [4.69, 9.17) is 4.84 Å². The van der Waals surface area contributed by atoms with Gasteiger partial charge in [-0.15, -0.1) is 11.8 Å². The molecule has 1 heterocycles. The molecule has 0 saturated heterocycles. The molecule has 5 aliphatic rings. The average molecular weight is 520 g/mol. The summed E-state index contributed by atoms with van der Waals surface area (Å²) in [6.45, 7) is 3.57. The Morgan fingerprint density at radius 3 is 2.73 bits per heavy atom. The van der Waals surface area contributed by atoms with Gasteiger partial charge in [-0.1, -0.05) is 43.7 Å². The number of benzene rings is 1. The van der Waals surface area contributed by atoms with Crippen LogP contribution in [0.2, 0.25) is 0 Å². The number of carbonyl (C=O) groups excluding carboxylic acids is 2. The van der Waals surface area contributed by atoms with Gasteiger partial charge in [-0.05, 0) is 61.5 Å². The molecule has 0 aromatic heterocycles. The van der Waals surface area contributed by atoms with E-state index in [0.717, 1.165) is 41.2 Å². The number of fused-ring (bicyclic) bond motifs is 5. The summed E-state index contributed by atoms with van der Waals surface area (Å²) in [6, 6.07) is 10.2. The maximum absolute atomic E-state index is 13.8. The fourth-order valence-corrected chi connectivity index (χ4v) is 7.90. The molecule has 0 unspecified atom stereocenters. The number of Topliss-reactive ketones (excluding diaryl/α,β-unsaturated/α-hetero) is 1. The van der Waals surface area contributed by atoms with Crippen LogP contribution in [-0.2, 0) is 14.4 Å². The fraction of sp³-hybridized carbons (Fsp3) is 0.467. The molecule has 37 heavy (non-hydrogen) atoms. The Morgan fingerprint density at radius 1 is 1.19 bits per heavy atom. The molecule has 194 valence electrons. The summed E-state index contributed by atoms with van der Waals surface area (Å²) in [4.78, 5) is 35.4. The van der Waals surface area contributed by atoms with Crippen molar-refractivity contribution >= 4 is 23.3 Å². The summed E-state index contributed by atoms with van der Waals surface area (Å²) in [7, 11) is 0. The highest BCUT2D eigenvalue weighted by atomic mass is 32.2. The standard InChI is InChI=1S/C30H33NO5S/c1-18-13-24-25(33)15-23-22-14-19-7-6-10-21(19)28(22)31(11-12-37-20-8-4-3-5-9-20)36-30(23,27(35)17-32)29(24,2)16-26(18)34/h3-5,8-9,13,15,18,26,32,34H,6-7,10-12,14,16-17H2,1-2H3/t18-,26-,29-,30+/m0/s1. The Morgan fingerprint density at radius 2 is 1.97 bits per heavy atom. The quantitative estimate of drug-likeness (QED) is 0.542. The van der Waals surface area contributed by atoms with Crippen LogP contribution < -0.4 is 0 Å². The van der Waals surface area contributed by atoms with E-state index in [1.54, 1.807) is 23.9 Å². The second-order valence-electron chi connectivity index (χ2n) is 11.0. The van der Waals surface area contributed by atoms with E-state index in [2.05, 4.69) is 12.1 Å². The highest BCUT2D eigenvalue weighted by Crippen LogP contribution is 2.62. The molecule has 0 saturated carbocycles. The third kappa shape index (κ3) is 3.58. The number of hydrogen-bond acceptors (Lipinski definition) is 7. The highest BCUT2D eigenvalue weighted by Gasteiger charge is 2.67. The van der Waals surface area contributed by atoms with Gasteiger partial charge in [0, 0.05) is 33.1 Å². The van der Waals surface area contributed by atoms with Crippen molar-refractivity contribution in [2.45, 2.75) is 62.6 Å². The largest absolute Gasteiger partial charge is 0.392 e. The van der Waals surface area contributed by atoms with Gasteiger partial charge in [0.2, 0.25) is 0 Å². The molecule has 1 aromatic carbocycles. The first kappa shape index (κ1) is 24.9. The van der Waals surface area contributed by atoms with E-state index >= 15 is 0 Å². The summed E-state index contributed by atoms with van der Waals surface area (Å²) in [5, 5.41) is 23.1. The lowest BCUT2D eigenvalue weighted by Gasteiger charge is -2.57. The lowest BCUT2D eigenvalue weighted by atomic mass is 9.52. The monoisotopic (exact) mass is 519 g/mol. The van der Waals surface area contributed by atoms with E-state index in [1.165, 1.54) is 11.1 Å². The van der Waals surface area contributed by atoms with Gasteiger partial charge in [0.25, 0.3) is 0 Å². The topological polar surface area (TPSA) is 87.1 Å². The van der Waals surface area contributed by atoms with Gasteiger partial charge < -0.3 is 10.2 Å². The molecular formula is C30H33NO5S. The summed E-state index contributed by atoms with van der Waals surface area (Å²) in [6.07, 6.45) is 6.63. The smallest absolute Gasteiger partial charge is 0.198 e. The van der Waals surface area contributed by atoms with Gasteiger partial charge in [-0.2, -0.15) is 0 Å². The molecular weight excluding hydrogens is 486 g/mol. The summed E-state index contributed by atoms with van der Waals surface area (Å²) in [5.41, 5.74) is 3.02. The second kappa shape index (κ2) is 9.09. The van der Waals surface area contributed by atoms with E-state index in [1.807, 2.05) is 37.1 Å². The van der Waals surface area contributed by atoms with Crippen LogP contribution in [0, 0.1) is 11.3 Å². The second-order valence-corrected chi connectivity index (χ2v) is 12.2. The van der Waals surface area contributed by atoms with Crippen molar-refractivity contribution < 1.29 is 24.6 Å². The zero-order valence-corrected chi connectivity index (χ0v) is 22.1. The van der Waals surface area contributed by atoms with Crippen LogP contribution in [0.5, 0.6) is 0 Å². The number of aliphatic hydroxyl groups excluding tert-OH is 2. The number of nitrogens with zero attached hydrogens (tertiary/aromatic N) is 1. The van der Waals surface area contributed by atoms with Crippen molar-refractivity contribution in [3.8, 4) is 0 Å². The van der Waals surface area contributed by atoms with Crippen molar-refractivity contribution in [2.75, 3.05) is 18.9 Å². The summed E-state index contributed by atoms with van der Waals surface area (Å²) >= 11 is 1.72. The minimum atomic E-state index is -1.57. The highest BCUT2D eigenvalue weighted by molar-refractivity contribution is 7.99. The Balaban J connectivity index is 1.48. The van der Waals surface area contributed by atoms with Crippen LogP contribution in [0.25, 0.3) is 0 Å². The van der Waals surface area contributed by atoms with Crippen LogP contribution >= 0.6 is 11.8 Å². The zero-order chi connectivity index (χ0) is 25.9. The first-order chi connectivity index (χ1) is 17.8. The van der Waals surface area contributed by atoms with Crippen LogP contribution in [-0.4, -0.2) is 57.5 Å². The molecule has 1 aliphatic heterocycles. The van der Waals surface area contributed by atoms with Gasteiger partial charge in [0.05, 0.1) is 18.3 Å². The number of hydroxylamine groups is 2. The minimum absolute atomic E-state index is 0.131. The van der Waals surface area contributed by atoms with Gasteiger partial charge in [-0.25, -0.2) is 0 Å². The average Bonchev–Trinajstić information content (AvgIpc) is 3.48. The molecule has 0 amide bonds. The fourth-order valence-electron chi connectivity index (χ4n) is 7.06. The molecule has 0 radical (unpaired) electrons. The molecule has 0 spiro atoms. The van der Waals surface area contributed by atoms with Gasteiger partial charge in [-0.3, -0.25) is 19.5 Å². The number of rotatable bonds is 6. The predicted molar refractivity (Wildman–Crippen MR) is 141 cm³/mol. The number of hydrogen-bond donors (Lipinski definition) is 2. The van der Waals surface area contributed by atoms with Gasteiger partial charge in [0.1, 0.15) is 6.61 Å². The molecule has 4 atom stereocenters. The number of allylic oxidation sites excluding steroid dienone is 3. The van der Waals surface area contributed by atoms with Gasteiger partial charge in [0.15, 0.2) is 17.2 Å². The van der Waals surface area contributed by atoms with Crippen molar-refractivity contribution in [1.29, 1.82) is 0 Å². The number of thioether (sulfide) groups is 1. The minimum Gasteiger partial charge on any atom is -0.392 e. The van der Waals surface area contributed by atoms with E-state index in [-0.39, 0.29) is 18.1 Å². The van der Waals surface area contributed by atoms with Crippen LogP contribution in [0.1, 0.15) is 46.0 Å². The van der Waals surface area contributed by atoms with E-state index in [0.29, 0.717) is 24.1 Å². The van der Waals surface area contributed by atoms with Gasteiger partial charge >= 0.3 is 0 Å². The summed E-state index contributed by atoms with van der Waals surface area (Å²) in [5.74, 6) is -0.0741. The SMILES string of the molecule is C[C@H]1C=C2C(=O)C=C3C4=C(C5=C(CCC5)C4)N(CCSc4ccccc4)O[C@]3(C(=O)CO)[C@@]2(C)C[C@@H]1O. The van der Waals surface area contributed by atoms with Crippen LogP contribution in [0.15, 0.2) is 80.9 Å². The molecule has 6 nitrogen and oxygen atoms in total. The Kier molecular flexibility index (Phi) is 6.10. The van der Waals surface area contributed by atoms with E-state index < -0.39 is 29.5 Å². The predicted octanol–water partition coefficient (Wildman–Crippen LogP) is 4.31. The number of ketones is 2. The van der Waals surface area contributed by atoms with Crippen molar-refractivity contribution in [1.82, 2.24) is 5.06 Å². The Hall–Kier alpha value is -2.45. The zero-order valence-electron chi connectivity index (χ0n) is 21.3. The third-order valence-electron chi connectivity index (χ3n) is 8.90. The third-order valence-corrected chi connectivity index (χ3v) is 9.90. The van der Waals surface area contributed by atoms with Crippen molar-refractivity contribution in [3.05, 3.63) is 76.0 Å².